The summed E-state index contributed by atoms with van der Waals surface area (Å²) in [4.78, 5) is 12.8. The number of rotatable bonds is 8. The smallest absolute Gasteiger partial charge is 0.251 e. The highest BCUT2D eigenvalue weighted by molar-refractivity contribution is 7.89. The summed E-state index contributed by atoms with van der Waals surface area (Å²) in [5, 5.41) is 2.72. The lowest BCUT2D eigenvalue weighted by Gasteiger charge is -2.26. The van der Waals surface area contributed by atoms with E-state index in [2.05, 4.69) is 5.32 Å². The average molecular weight is 496 g/mol. The Morgan fingerprint density at radius 2 is 1.73 bits per heavy atom. The number of piperidine rings is 1. The van der Waals surface area contributed by atoms with Crippen LogP contribution in [0.2, 0.25) is 0 Å². The van der Waals surface area contributed by atoms with Crippen LogP contribution in [0.1, 0.15) is 35.2 Å². The maximum absolute atomic E-state index is 12.9. The molecular formula is C22H29N3O6S2. The first-order valence-corrected chi connectivity index (χ1v) is 13.4. The molecule has 1 aliphatic rings. The van der Waals surface area contributed by atoms with E-state index in [0.29, 0.717) is 18.7 Å². The van der Waals surface area contributed by atoms with Gasteiger partial charge in [0, 0.05) is 39.3 Å². The molecule has 11 heteroatoms. The molecule has 0 atom stereocenters. The molecule has 0 aliphatic carbocycles. The summed E-state index contributed by atoms with van der Waals surface area (Å²) in [6.07, 6.45) is 2.73. The molecule has 0 aromatic heterocycles. The van der Waals surface area contributed by atoms with Gasteiger partial charge in [-0.1, -0.05) is 18.6 Å². The van der Waals surface area contributed by atoms with E-state index in [0.717, 1.165) is 23.6 Å². The van der Waals surface area contributed by atoms with Gasteiger partial charge in [0.25, 0.3) is 5.91 Å². The van der Waals surface area contributed by atoms with Gasteiger partial charge in [-0.25, -0.2) is 21.1 Å². The number of sulfonamides is 2. The molecule has 33 heavy (non-hydrogen) atoms. The minimum atomic E-state index is -3.82. The summed E-state index contributed by atoms with van der Waals surface area (Å²) in [6.45, 7) is 1.11. The third-order valence-corrected chi connectivity index (χ3v) is 9.22. The van der Waals surface area contributed by atoms with Gasteiger partial charge >= 0.3 is 0 Å². The molecule has 1 aliphatic heterocycles. The van der Waals surface area contributed by atoms with Gasteiger partial charge in [-0.3, -0.25) is 4.79 Å². The second-order valence-electron chi connectivity index (χ2n) is 7.95. The second-order valence-corrected chi connectivity index (χ2v) is 12.0. The molecule has 9 nitrogen and oxygen atoms in total. The number of ether oxygens (including phenoxy) is 1. The van der Waals surface area contributed by atoms with E-state index in [-0.39, 0.29) is 27.6 Å². The van der Waals surface area contributed by atoms with E-state index in [1.165, 1.54) is 43.7 Å². The zero-order valence-corrected chi connectivity index (χ0v) is 20.6. The first-order chi connectivity index (χ1) is 15.6. The van der Waals surface area contributed by atoms with Crippen LogP contribution in [0.5, 0.6) is 5.75 Å². The Kier molecular flexibility index (Phi) is 7.78. The molecule has 1 amide bonds. The lowest BCUT2D eigenvalue weighted by Crippen LogP contribution is -2.35. The highest BCUT2D eigenvalue weighted by Gasteiger charge is 2.26. The summed E-state index contributed by atoms with van der Waals surface area (Å²) >= 11 is 0. The SMILES string of the molecule is COc1ccc(C(=O)NCc2cccc(S(=O)(=O)N3CCCCC3)c2)cc1S(=O)(=O)N(C)C. The Morgan fingerprint density at radius 3 is 2.36 bits per heavy atom. The number of benzene rings is 2. The van der Waals surface area contributed by atoms with E-state index in [9.17, 15) is 21.6 Å². The fraction of sp³-hybridized carbons (Fsp3) is 0.409. The van der Waals surface area contributed by atoms with E-state index < -0.39 is 26.0 Å². The number of methoxy groups -OCH3 is 1. The van der Waals surface area contributed by atoms with Gasteiger partial charge in [0.1, 0.15) is 10.6 Å². The average Bonchev–Trinajstić information content (AvgIpc) is 2.82. The van der Waals surface area contributed by atoms with Crippen molar-refractivity contribution in [3.8, 4) is 5.75 Å². The van der Waals surface area contributed by atoms with Crippen LogP contribution in [0.3, 0.4) is 0 Å². The Hall–Kier alpha value is -2.47. The highest BCUT2D eigenvalue weighted by atomic mass is 32.2. The van der Waals surface area contributed by atoms with E-state index in [1.807, 2.05) is 0 Å². The molecule has 2 aromatic rings. The molecule has 2 aromatic carbocycles. The molecule has 180 valence electrons. The normalized spacial score (nSPS) is 15.4. The third kappa shape index (κ3) is 5.55. The number of amides is 1. The monoisotopic (exact) mass is 495 g/mol. The Bertz CT molecular complexity index is 1220. The Morgan fingerprint density at radius 1 is 1.03 bits per heavy atom. The number of hydrogen-bond acceptors (Lipinski definition) is 6. The van der Waals surface area contributed by atoms with Crippen LogP contribution >= 0.6 is 0 Å². The van der Waals surface area contributed by atoms with Gasteiger partial charge in [0.05, 0.1) is 12.0 Å². The Labute approximate surface area is 195 Å². The summed E-state index contributed by atoms with van der Waals surface area (Å²) < 4.78 is 58.7. The summed E-state index contributed by atoms with van der Waals surface area (Å²) in [7, 11) is -3.25. The predicted octanol–water partition coefficient (Wildman–Crippen LogP) is 2.05. The van der Waals surface area contributed by atoms with Crippen molar-refractivity contribution in [3.05, 3.63) is 53.6 Å². The first-order valence-electron chi connectivity index (χ1n) is 10.5. The van der Waals surface area contributed by atoms with Crippen LogP contribution in [-0.4, -0.2) is 65.6 Å². The molecule has 1 heterocycles. The molecule has 0 saturated carbocycles. The van der Waals surface area contributed by atoms with Gasteiger partial charge in [-0.2, -0.15) is 4.31 Å². The zero-order valence-electron chi connectivity index (χ0n) is 18.9. The fourth-order valence-corrected chi connectivity index (χ4v) is 6.23. The summed E-state index contributed by atoms with van der Waals surface area (Å²) in [6, 6.07) is 10.6. The summed E-state index contributed by atoms with van der Waals surface area (Å²) in [5.41, 5.74) is 0.768. The second kappa shape index (κ2) is 10.2. The number of carbonyl (C=O) groups excluding carboxylic acids is 1. The molecule has 0 bridgehead atoms. The minimum absolute atomic E-state index is 0.0873. The highest BCUT2D eigenvalue weighted by Crippen LogP contribution is 2.27. The molecule has 1 saturated heterocycles. The number of carbonyl (C=O) groups is 1. The van der Waals surface area contributed by atoms with Crippen molar-refractivity contribution in [2.75, 3.05) is 34.3 Å². The maximum Gasteiger partial charge on any atom is 0.251 e. The molecule has 0 unspecified atom stereocenters. The quantitative estimate of drug-likeness (QED) is 0.600. The fourth-order valence-electron chi connectivity index (χ4n) is 3.57. The standard InChI is InChI=1S/C22H29N3O6S2/c1-24(2)33(29,30)21-15-18(10-11-20(21)31-3)22(26)23-16-17-8-7-9-19(14-17)32(27,28)25-12-5-4-6-13-25/h7-11,14-15H,4-6,12-13,16H2,1-3H3,(H,23,26). The van der Waals surface area contributed by atoms with Crippen molar-refractivity contribution in [2.24, 2.45) is 0 Å². The molecule has 0 radical (unpaired) electrons. The van der Waals surface area contributed by atoms with Crippen LogP contribution in [0.4, 0.5) is 0 Å². The number of hydrogen-bond donors (Lipinski definition) is 1. The van der Waals surface area contributed by atoms with Gasteiger partial charge in [0.15, 0.2) is 0 Å². The van der Waals surface area contributed by atoms with Crippen molar-refractivity contribution >= 4 is 26.0 Å². The largest absolute Gasteiger partial charge is 0.495 e. The molecular weight excluding hydrogens is 466 g/mol. The van der Waals surface area contributed by atoms with Gasteiger partial charge in [0.2, 0.25) is 20.0 Å². The van der Waals surface area contributed by atoms with Crippen molar-refractivity contribution < 1.29 is 26.4 Å². The summed E-state index contributed by atoms with van der Waals surface area (Å²) in [5.74, 6) is -0.354. The van der Waals surface area contributed by atoms with Crippen LogP contribution in [0.25, 0.3) is 0 Å². The topological polar surface area (TPSA) is 113 Å². The van der Waals surface area contributed by atoms with Crippen molar-refractivity contribution in [1.82, 2.24) is 13.9 Å². The van der Waals surface area contributed by atoms with Crippen molar-refractivity contribution in [1.29, 1.82) is 0 Å². The molecule has 0 spiro atoms. The Balaban J connectivity index is 1.77. The maximum atomic E-state index is 12.9. The van der Waals surface area contributed by atoms with Crippen LogP contribution < -0.4 is 10.1 Å². The number of nitrogens with zero attached hydrogens (tertiary/aromatic N) is 2. The van der Waals surface area contributed by atoms with Gasteiger partial charge < -0.3 is 10.1 Å². The zero-order chi connectivity index (χ0) is 24.2. The van der Waals surface area contributed by atoms with Crippen molar-refractivity contribution in [3.63, 3.8) is 0 Å². The van der Waals surface area contributed by atoms with Crippen molar-refractivity contribution in [2.45, 2.75) is 35.6 Å². The lowest BCUT2D eigenvalue weighted by atomic mass is 10.2. The van der Waals surface area contributed by atoms with Crippen LogP contribution in [0.15, 0.2) is 52.3 Å². The molecule has 1 fully saturated rings. The van der Waals surface area contributed by atoms with E-state index >= 15 is 0 Å². The number of nitrogens with one attached hydrogen (secondary N) is 1. The first kappa shape index (κ1) is 25.2. The minimum Gasteiger partial charge on any atom is -0.495 e. The third-order valence-electron chi connectivity index (χ3n) is 5.49. The lowest BCUT2D eigenvalue weighted by molar-refractivity contribution is 0.0950. The van der Waals surface area contributed by atoms with Crippen LogP contribution in [0, 0.1) is 0 Å². The van der Waals surface area contributed by atoms with Crippen LogP contribution in [-0.2, 0) is 26.6 Å². The van der Waals surface area contributed by atoms with E-state index in [1.54, 1.807) is 24.3 Å². The molecule has 3 rings (SSSR count). The van der Waals surface area contributed by atoms with E-state index in [4.69, 9.17) is 4.74 Å². The molecule has 1 N–H and O–H groups in total. The van der Waals surface area contributed by atoms with Gasteiger partial charge in [-0.05, 0) is 48.7 Å². The van der Waals surface area contributed by atoms with Gasteiger partial charge in [-0.15, -0.1) is 0 Å². The predicted molar refractivity (Wildman–Crippen MR) is 124 cm³/mol.